The van der Waals surface area contributed by atoms with E-state index in [-0.39, 0.29) is 6.61 Å². The van der Waals surface area contributed by atoms with Gasteiger partial charge in [0.2, 0.25) is 0 Å². The van der Waals surface area contributed by atoms with Gasteiger partial charge in [0.25, 0.3) is 0 Å². The number of rotatable bonds is 7. The molecule has 0 bridgehead atoms. The van der Waals surface area contributed by atoms with E-state index >= 15 is 0 Å². The van der Waals surface area contributed by atoms with Crippen molar-refractivity contribution < 1.29 is 9.84 Å². The number of aromatic nitrogens is 3. The highest BCUT2D eigenvalue weighted by atomic mass is 32.2. The second-order valence-corrected chi connectivity index (χ2v) is 6.21. The van der Waals surface area contributed by atoms with Crippen LogP contribution in [0.4, 0.5) is 0 Å². The van der Waals surface area contributed by atoms with E-state index in [2.05, 4.69) is 14.8 Å². The standard InChI is InChI=1S/C15H19N3O2S/c1-11-16-17-15(18(11)12-7-8-12)21-10-13(19)9-20-14-5-3-2-4-6-14/h2-6,12-13,19H,7-10H2,1H3. The van der Waals surface area contributed by atoms with Crippen molar-refractivity contribution in [2.75, 3.05) is 12.4 Å². The van der Waals surface area contributed by atoms with Crippen molar-refractivity contribution in [1.82, 2.24) is 14.8 Å². The average molecular weight is 305 g/mol. The minimum absolute atomic E-state index is 0.285. The molecular formula is C15H19N3O2S. The van der Waals surface area contributed by atoms with Crippen LogP contribution < -0.4 is 4.74 Å². The largest absolute Gasteiger partial charge is 0.491 e. The molecule has 1 aliphatic carbocycles. The Labute approximate surface area is 128 Å². The number of thioether (sulfide) groups is 1. The van der Waals surface area contributed by atoms with Gasteiger partial charge in [-0.2, -0.15) is 0 Å². The van der Waals surface area contributed by atoms with Crippen LogP contribution in [0.1, 0.15) is 24.7 Å². The fourth-order valence-electron chi connectivity index (χ4n) is 2.13. The Morgan fingerprint density at radius 3 is 2.81 bits per heavy atom. The van der Waals surface area contributed by atoms with E-state index < -0.39 is 6.10 Å². The number of aliphatic hydroxyl groups is 1. The highest BCUT2D eigenvalue weighted by Crippen LogP contribution is 2.38. The molecule has 1 aliphatic rings. The first-order valence-electron chi connectivity index (χ1n) is 7.14. The molecule has 21 heavy (non-hydrogen) atoms. The summed E-state index contributed by atoms with van der Waals surface area (Å²) in [6, 6.07) is 10.1. The number of benzene rings is 1. The van der Waals surface area contributed by atoms with E-state index in [9.17, 15) is 5.11 Å². The highest BCUT2D eigenvalue weighted by molar-refractivity contribution is 7.99. The predicted molar refractivity (Wildman–Crippen MR) is 81.7 cm³/mol. The zero-order valence-corrected chi connectivity index (χ0v) is 12.8. The van der Waals surface area contributed by atoms with Gasteiger partial charge in [0.15, 0.2) is 5.16 Å². The number of para-hydroxylation sites is 1. The zero-order chi connectivity index (χ0) is 14.7. The second-order valence-electron chi connectivity index (χ2n) is 5.22. The first-order chi connectivity index (χ1) is 10.2. The summed E-state index contributed by atoms with van der Waals surface area (Å²) in [5.74, 6) is 2.28. The van der Waals surface area contributed by atoms with Gasteiger partial charge in [0.05, 0.1) is 6.10 Å². The molecule has 6 heteroatoms. The van der Waals surface area contributed by atoms with Gasteiger partial charge in [-0.3, -0.25) is 0 Å². The molecule has 1 fully saturated rings. The van der Waals surface area contributed by atoms with Crippen LogP contribution in [0.25, 0.3) is 0 Å². The maximum atomic E-state index is 10.0. The molecule has 1 N–H and O–H groups in total. The number of aliphatic hydroxyl groups excluding tert-OH is 1. The predicted octanol–water partition coefficient (Wildman–Crippen LogP) is 2.45. The minimum Gasteiger partial charge on any atom is -0.491 e. The summed E-state index contributed by atoms with van der Waals surface area (Å²) >= 11 is 1.54. The summed E-state index contributed by atoms with van der Waals surface area (Å²) in [5.41, 5.74) is 0. The van der Waals surface area contributed by atoms with E-state index in [0.29, 0.717) is 11.8 Å². The van der Waals surface area contributed by atoms with Crippen LogP contribution in [0, 0.1) is 6.92 Å². The Balaban J connectivity index is 1.48. The van der Waals surface area contributed by atoms with Gasteiger partial charge in [-0.15, -0.1) is 10.2 Å². The molecule has 1 heterocycles. The van der Waals surface area contributed by atoms with Crippen molar-refractivity contribution in [3.05, 3.63) is 36.2 Å². The summed E-state index contributed by atoms with van der Waals surface area (Å²) < 4.78 is 7.72. The summed E-state index contributed by atoms with van der Waals surface area (Å²) in [6.07, 6.45) is 1.87. The van der Waals surface area contributed by atoms with Crippen molar-refractivity contribution in [3.63, 3.8) is 0 Å². The molecule has 112 valence electrons. The molecule has 3 rings (SSSR count). The molecule has 1 aromatic heterocycles. The lowest BCUT2D eigenvalue weighted by Gasteiger charge is -2.12. The van der Waals surface area contributed by atoms with Crippen molar-refractivity contribution >= 4 is 11.8 Å². The summed E-state index contributed by atoms with van der Waals surface area (Å²) in [4.78, 5) is 0. The van der Waals surface area contributed by atoms with Gasteiger partial charge in [-0.05, 0) is 31.9 Å². The van der Waals surface area contributed by atoms with Crippen LogP contribution in [-0.2, 0) is 0 Å². The zero-order valence-electron chi connectivity index (χ0n) is 12.0. The third-order valence-electron chi connectivity index (χ3n) is 3.34. The van der Waals surface area contributed by atoms with Crippen molar-refractivity contribution in [3.8, 4) is 5.75 Å². The number of ether oxygens (including phenoxy) is 1. The monoisotopic (exact) mass is 305 g/mol. The number of hydrogen-bond acceptors (Lipinski definition) is 5. The Morgan fingerprint density at radius 1 is 1.33 bits per heavy atom. The smallest absolute Gasteiger partial charge is 0.191 e. The van der Waals surface area contributed by atoms with Gasteiger partial charge in [-0.1, -0.05) is 30.0 Å². The lowest BCUT2D eigenvalue weighted by Crippen LogP contribution is -2.20. The van der Waals surface area contributed by atoms with Crippen molar-refractivity contribution in [2.45, 2.75) is 37.1 Å². The summed E-state index contributed by atoms with van der Waals surface area (Å²) in [6.45, 7) is 2.26. The molecule has 0 aliphatic heterocycles. The molecule has 5 nitrogen and oxygen atoms in total. The Hall–Kier alpha value is -1.53. The average Bonchev–Trinajstić information content (AvgIpc) is 3.27. The second kappa shape index (κ2) is 6.49. The van der Waals surface area contributed by atoms with Crippen LogP contribution in [-0.4, -0.2) is 38.3 Å². The summed E-state index contributed by atoms with van der Waals surface area (Å²) in [7, 11) is 0. The van der Waals surface area contributed by atoms with Gasteiger partial charge >= 0.3 is 0 Å². The number of nitrogens with zero attached hydrogens (tertiary/aromatic N) is 3. The molecule has 0 radical (unpaired) electrons. The van der Waals surface area contributed by atoms with E-state index in [1.807, 2.05) is 37.3 Å². The van der Waals surface area contributed by atoms with E-state index in [4.69, 9.17) is 4.74 Å². The molecule has 1 saturated carbocycles. The normalized spacial score (nSPS) is 15.9. The lowest BCUT2D eigenvalue weighted by molar-refractivity contribution is 0.126. The van der Waals surface area contributed by atoms with Gasteiger partial charge in [0.1, 0.15) is 18.2 Å². The maximum Gasteiger partial charge on any atom is 0.191 e. The van der Waals surface area contributed by atoms with Crippen LogP contribution in [0.5, 0.6) is 5.75 Å². The molecular weight excluding hydrogens is 286 g/mol. The van der Waals surface area contributed by atoms with Crippen LogP contribution in [0.3, 0.4) is 0 Å². The first-order valence-corrected chi connectivity index (χ1v) is 8.13. The van der Waals surface area contributed by atoms with Crippen LogP contribution in [0.2, 0.25) is 0 Å². The Bertz CT molecular complexity index is 584. The quantitative estimate of drug-likeness (QED) is 0.796. The lowest BCUT2D eigenvalue weighted by atomic mass is 10.3. The first kappa shape index (κ1) is 14.4. The Morgan fingerprint density at radius 2 is 2.10 bits per heavy atom. The molecule has 1 atom stereocenters. The number of aryl methyl sites for hydroxylation is 1. The third-order valence-corrected chi connectivity index (χ3v) is 4.43. The molecule has 0 spiro atoms. The van der Waals surface area contributed by atoms with Crippen molar-refractivity contribution in [1.29, 1.82) is 0 Å². The van der Waals surface area contributed by atoms with Crippen LogP contribution in [0.15, 0.2) is 35.5 Å². The topological polar surface area (TPSA) is 60.2 Å². The molecule has 1 aromatic carbocycles. The van der Waals surface area contributed by atoms with E-state index in [0.717, 1.165) is 16.7 Å². The van der Waals surface area contributed by atoms with Gasteiger partial charge < -0.3 is 14.4 Å². The van der Waals surface area contributed by atoms with E-state index in [1.54, 1.807) is 0 Å². The highest BCUT2D eigenvalue weighted by Gasteiger charge is 2.28. The Kier molecular flexibility index (Phi) is 4.45. The van der Waals surface area contributed by atoms with Crippen molar-refractivity contribution in [2.24, 2.45) is 0 Å². The SMILES string of the molecule is Cc1nnc(SCC(O)COc2ccccc2)n1C1CC1. The minimum atomic E-state index is -0.528. The van der Waals surface area contributed by atoms with Crippen LogP contribution >= 0.6 is 11.8 Å². The number of hydrogen-bond donors (Lipinski definition) is 1. The summed E-state index contributed by atoms with van der Waals surface area (Å²) in [5, 5.41) is 19.2. The van der Waals surface area contributed by atoms with Gasteiger partial charge in [0, 0.05) is 11.8 Å². The maximum absolute atomic E-state index is 10.0. The molecule has 0 amide bonds. The fourth-order valence-corrected chi connectivity index (χ4v) is 3.09. The molecule has 0 saturated heterocycles. The van der Waals surface area contributed by atoms with Gasteiger partial charge in [-0.25, -0.2) is 0 Å². The molecule has 2 aromatic rings. The van der Waals surface area contributed by atoms with E-state index in [1.165, 1.54) is 24.6 Å². The third kappa shape index (κ3) is 3.77. The molecule has 1 unspecified atom stereocenters. The fraction of sp³-hybridized carbons (Fsp3) is 0.467.